The van der Waals surface area contributed by atoms with Crippen LogP contribution in [-0.2, 0) is 27.2 Å². The summed E-state index contributed by atoms with van der Waals surface area (Å²) >= 11 is 0. The Bertz CT molecular complexity index is 1520. The number of H-pyrrole nitrogens is 1. The van der Waals surface area contributed by atoms with Crippen LogP contribution in [0.3, 0.4) is 0 Å². The van der Waals surface area contributed by atoms with Crippen molar-refractivity contribution in [3.05, 3.63) is 120 Å². The lowest BCUT2D eigenvalue weighted by Crippen LogP contribution is -2.52. The molecule has 43 heavy (non-hydrogen) atoms. The van der Waals surface area contributed by atoms with Crippen LogP contribution in [0.4, 0.5) is 0 Å². The Kier molecular flexibility index (Phi) is 11.6. The number of hydrogen-bond donors (Lipinski definition) is 3. The van der Waals surface area contributed by atoms with Gasteiger partial charge in [0.05, 0.1) is 12.4 Å². The number of carbonyl (C=O) groups excluding carboxylic acids is 3. The highest BCUT2D eigenvalue weighted by Crippen LogP contribution is 2.23. The molecule has 3 N–H and O–H groups in total. The van der Waals surface area contributed by atoms with Crippen LogP contribution in [0.15, 0.2) is 104 Å². The van der Waals surface area contributed by atoms with Gasteiger partial charge in [0.1, 0.15) is 12.3 Å². The zero-order valence-electron chi connectivity index (χ0n) is 24.8. The number of allylic oxidation sites excluding steroid dienone is 3. The molecule has 3 atom stereocenters. The molecule has 1 aromatic heterocycles. The average molecular weight is 577 g/mol. The van der Waals surface area contributed by atoms with Crippen LogP contribution in [-0.4, -0.2) is 40.2 Å². The van der Waals surface area contributed by atoms with Gasteiger partial charge in [-0.2, -0.15) is 0 Å². The fourth-order valence-electron chi connectivity index (χ4n) is 5.13. The molecule has 7 nitrogen and oxygen atoms in total. The second-order valence-electron chi connectivity index (χ2n) is 11.2. The highest BCUT2D eigenvalue weighted by Gasteiger charge is 2.28. The number of nitrogens with one attached hydrogen (secondary N) is 3. The summed E-state index contributed by atoms with van der Waals surface area (Å²) in [5.74, 6) is -0.826. The van der Waals surface area contributed by atoms with Gasteiger partial charge in [0.25, 0.3) is 0 Å². The summed E-state index contributed by atoms with van der Waals surface area (Å²) in [6.07, 6.45) is 13.6. The maximum atomic E-state index is 13.9. The van der Waals surface area contributed by atoms with Gasteiger partial charge in [0.2, 0.25) is 11.8 Å². The molecule has 7 heteroatoms. The molecule has 1 heterocycles. The molecule has 0 aliphatic carbocycles. The standard InChI is InChI=1S/C36H40N4O3/c1-26(2)20-32(24-41)39-36(43)34(22-31-23-37-25-38-31)40-35(42)30(16-8-4-7-14-27-12-5-3-6-13-27)21-29-18-11-17-28-15-9-10-19-33(28)29/h3-15,17-19,23-26,30,32,34H,16,20-22H2,1-2H3,(H,37,38)(H,39,43)(H,40,42)/b8-4+,14-7+/t30?,32-,34-/m0/s1. The van der Waals surface area contributed by atoms with E-state index in [0.717, 1.165) is 28.2 Å². The van der Waals surface area contributed by atoms with Crippen LogP contribution < -0.4 is 10.6 Å². The van der Waals surface area contributed by atoms with Gasteiger partial charge in [-0.25, -0.2) is 4.98 Å². The van der Waals surface area contributed by atoms with Crippen molar-refractivity contribution in [1.29, 1.82) is 0 Å². The maximum Gasteiger partial charge on any atom is 0.243 e. The molecule has 0 fully saturated rings. The molecule has 0 aliphatic heterocycles. The fraction of sp³-hybridized carbons (Fsp3) is 0.278. The molecule has 4 aromatic rings. The number of aldehydes is 1. The monoisotopic (exact) mass is 576 g/mol. The SMILES string of the molecule is CC(C)C[C@@H](C=O)NC(=O)[C@H](Cc1cnc[nH]1)NC(=O)C(C/C=C/C=C/c1ccccc1)Cc1cccc2ccccc12. The number of aromatic amines is 1. The minimum Gasteiger partial charge on any atom is -0.348 e. The van der Waals surface area contributed by atoms with Crippen molar-refractivity contribution in [1.82, 2.24) is 20.6 Å². The van der Waals surface area contributed by atoms with Gasteiger partial charge in [-0.1, -0.05) is 111 Å². The lowest BCUT2D eigenvalue weighted by Gasteiger charge is -2.24. The number of aromatic nitrogens is 2. The molecule has 0 radical (unpaired) electrons. The molecule has 3 aromatic carbocycles. The number of nitrogens with zero attached hydrogens (tertiary/aromatic N) is 1. The Morgan fingerprint density at radius 3 is 2.40 bits per heavy atom. The molecular weight excluding hydrogens is 536 g/mol. The third-order valence-corrected chi connectivity index (χ3v) is 7.30. The lowest BCUT2D eigenvalue weighted by molar-refractivity contribution is -0.132. The zero-order chi connectivity index (χ0) is 30.4. The molecule has 0 saturated carbocycles. The summed E-state index contributed by atoms with van der Waals surface area (Å²) in [5.41, 5.74) is 2.87. The van der Waals surface area contributed by atoms with Crippen molar-refractivity contribution in [2.24, 2.45) is 11.8 Å². The van der Waals surface area contributed by atoms with E-state index in [2.05, 4.69) is 44.9 Å². The third kappa shape index (κ3) is 9.64. The minimum atomic E-state index is -0.875. The first-order valence-electron chi connectivity index (χ1n) is 14.8. The van der Waals surface area contributed by atoms with Crippen LogP contribution in [0.2, 0.25) is 0 Å². The van der Waals surface area contributed by atoms with Crippen molar-refractivity contribution in [2.45, 2.75) is 51.6 Å². The fourth-order valence-corrected chi connectivity index (χ4v) is 5.13. The topological polar surface area (TPSA) is 104 Å². The Balaban J connectivity index is 1.55. The summed E-state index contributed by atoms with van der Waals surface area (Å²) < 4.78 is 0. The summed E-state index contributed by atoms with van der Waals surface area (Å²) in [6.45, 7) is 3.99. The summed E-state index contributed by atoms with van der Waals surface area (Å²) in [7, 11) is 0. The maximum absolute atomic E-state index is 13.9. The number of benzene rings is 3. The van der Waals surface area contributed by atoms with Crippen LogP contribution in [0.5, 0.6) is 0 Å². The van der Waals surface area contributed by atoms with E-state index in [1.807, 2.05) is 86.7 Å². The minimum absolute atomic E-state index is 0.224. The van der Waals surface area contributed by atoms with E-state index in [1.54, 1.807) is 6.20 Å². The van der Waals surface area contributed by atoms with Gasteiger partial charge in [-0.05, 0) is 47.1 Å². The van der Waals surface area contributed by atoms with Crippen LogP contribution in [0.1, 0.15) is 43.5 Å². The van der Waals surface area contributed by atoms with Crippen LogP contribution in [0.25, 0.3) is 16.8 Å². The zero-order valence-corrected chi connectivity index (χ0v) is 24.8. The molecule has 2 amide bonds. The molecular formula is C36H40N4O3. The number of rotatable bonds is 15. The molecule has 222 valence electrons. The van der Waals surface area contributed by atoms with E-state index in [0.29, 0.717) is 25.0 Å². The number of imidazole rings is 1. The predicted molar refractivity (Wildman–Crippen MR) is 172 cm³/mol. The van der Waals surface area contributed by atoms with Crippen molar-refractivity contribution in [3.8, 4) is 0 Å². The highest BCUT2D eigenvalue weighted by molar-refractivity contribution is 5.91. The Morgan fingerprint density at radius 1 is 0.884 bits per heavy atom. The van der Waals surface area contributed by atoms with Gasteiger partial charge >= 0.3 is 0 Å². The smallest absolute Gasteiger partial charge is 0.243 e. The number of carbonyl (C=O) groups is 3. The van der Waals surface area contributed by atoms with Gasteiger partial charge in [0.15, 0.2) is 0 Å². The average Bonchev–Trinajstić information content (AvgIpc) is 3.53. The Hall–Kier alpha value is -4.78. The van der Waals surface area contributed by atoms with Crippen LogP contribution in [0, 0.1) is 11.8 Å². The summed E-state index contributed by atoms with van der Waals surface area (Å²) in [6, 6.07) is 22.8. The summed E-state index contributed by atoms with van der Waals surface area (Å²) in [4.78, 5) is 46.1. The first kappa shape index (κ1) is 31.2. The van der Waals surface area contributed by atoms with Gasteiger partial charge in [-0.3, -0.25) is 9.59 Å². The third-order valence-electron chi connectivity index (χ3n) is 7.30. The van der Waals surface area contributed by atoms with E-state index >= 15 is 0 Å². The first-order valence-corrected chi connectivity index (χ1v) is 14.8. The number of fused-ring (bicyclic) bond motifs is 1. The Labute approximate surface area is 253 Å². The van der Waals surface area contributed by atoms with Crippen LogP contribution >= 0.6 is 0 Å². The molecule has 4 rings (SSSR count). The Morgan fingerprint density at radius 2 is 1.65 bits per heavy atom. The van der Waals surface area contributed by atoms with E-state index in [4.69, 9.17) is 0 Å². The molecule has 0 saturated heterocycles. The summed E-state index contributed by atoms with van der Waals surface area (Å²) in [5, 5.41) is 8.05. The largest absolute Gasteiger partial charge is 0.348 e. The van der Waals surface area contributed by atoms with Crippen molar-refractivity contribution < 1.29 is 14.4 Å². The normalized spacial score (nSPS) is 13.7. The van der Waals surface area contributed by atoms with E-state index < -0.39 is 23.9 Å². The van der Waals surface area contributed by atoms with E-state index in [1.165, 1.54) is 6.33 Å². The molecule has 1 unspecified atom stereocenters. The lowest BCUT2D eigenvalue weighted by atomic mass is 9.91. The second-order valence-corrected chi connectivity index (χ2v) is 11.2. The quantitative estimate of drug-likeness (QED) is 0.122. The van der Waals surface area contributed by atoms with E-state index in [-0.39, 0.29) is 18.2 Å². The highest BCUT2D eigenvalue weighted by atomic mass is 16.2. The number of amides is 2. The van der Waals surface area contributed by atoms with Crippen molar-refractivity contribution in [3.63, 3.8) is 0 Å². The van der Waals surface area contributed by atoms with Crippen molar-refractivity contribution >= 4 is 34.9 Å². The molecule has 0 spiro atoms. The van der Waals surface area contributed by atoms with Gasteiger partial charge in [0, 0.05) is 24.2 Å². The van der Waals surface area contributed by atoms with E-state index in [9.17, 15) is 14.4 Å². The molecule has 0 aliphatic rings. The van der Waals surface area contributed by atoms with Crippen molar-refractivity contribution in [2.75, 3.05) is 0 Å². The number of hydrogen-bond acceptors (Lipinski definition) is 4. The van der Waals surface area contributed by atoms with Gasteiger partial charge in [-0.15, -0.1) is 0 Å². The van der Waals surface area contributed by atoms with Gasteiger partial charge < -0.3 is 20.4 Å². The predicted octanol–water partition coefficient (Wildman–Crippen LogP) is 5.84. The second kappa shape index (κ2) is 16.0. The molecule has 0 bridgehead atoms. The first-order chi connectivity index (χ1) is 20.9.